The molecular formula is C29H23Cl2N3O6S. The summed E-state index contributed by atoms with van der Waals surface area (Å²) in [5.74, 6) is -0.724. The Morgan fingerprint density at radius 2 is 1.51 bits per heavy atom. The molecule has 0 spiro atoms. The second-order valence-corrected chi connectivity index (χ2v) is 11.1. The molecule has 12 heteroatoms. The number of esters is 1. The van der Waals surface area contributed by atoms with Gasteiger partial charge in [-0.3, -0.25) is 9.52 Å². The molecule has 0 radical (unpaired) electrons. The lowest BCUT2D eigenvalue weighted by molar-refractivity contribution is 0.0729. The van der Waals surface area contributed by atoms with Gasteiger partial charge in [-0.2, -0.15) is 5.10 Å². The van der Waals surface area contributed by atoms with Crippen LogP contribution in [0, 0.1) is 6.92 Å². The first-order chi connectivity index (χ1) is 19.6. The normalized spacial score (nSPS) is 11.2. The van der Waals surface area contributed by atoms with E-state index in [1.165, 1.54) is 74.0 Å². The maximum atomic E-state index is 12.6. The number of carbonyl (C=O) groups is 2. The molecule has 0 unspecified atom stereocenters. The number of halogens is 2. The number of hydrogen-bond acceptors (Lipinski definition) is 7. The molecule has 0 saturated heterocycles. The van der Waals surface area contributed by atoms with Crippen molar-refractivity contribution >= 4 is 57.0 Å². The Hall–Kier alpha value is -4.38. The fourth-order valence-corrected chi connectivity index (χ4v) is 4.84. The third-order valence-electron chi connectivity index (χ3n) is 5.66. The van der Waals surface area contributed by atoms with Crippen molar-refractivity contribution < 1.29 is 27.5 Å². The number of rotatable bonds is 9. The monoisotopic (exact) mass is 611 g/mol. The molecule has 0 heterocycles. The largest absolute Gasteiger partial charge is 0.493 e. The molecule has 0 fully saturated rings. The highest BCUT2D eigenvalue weighted by Gasteiger charge is 2.16. The molecule has 0 atom stereocenters. The minimum Gasteiger partial charge on any atom is -0.493 e. The van der Waals surface area contributed by atoms with Crippen LogP contribution in [0.15, 0.2) is 94.9 Å². The van der Waals surface area contributed by atoms with Crippen LogP contribution in [-0.4, -0.2) is 33.6 Å². The zero-order valence-electron chi connectivity index (χ0n) is 21.7. The molecule has 4 aromatic carbocycles. The van der Waals surface area contributed by atoms with Gasteiger partial charge in [0.25, 0.3) is 15.9 Å². The van der Waals surface area contributed by atoms with Crippen molar-refractivity contribution in [2.45, 2.75) is 11.8 Å². The summed E-state index contributed by atoms with van der Waals surface area (Å²) >= 11 is 11.9. The molecule has 9 nitrogen and oxygen atoms in total. The van der Waals surface area contributed by atoms with Gasteiger partial charge in [0.05, 0.1) is 33.8 Å². The summed E-state index contributed by atoms with van der Waals surface area (Å²) in [4.78, 5) is 25.1. The SMILES string of the molecule is COc1cc(/C=N/NC(=O)c2ccc(NS(=O)(=O)c3ccc(C)cc3)cc2)ccc1OC(=O)c1ccc(Cl)c(Cl)c1. The summed E-state index contributed by atoms with van der Waals surface area (Å²) in [5.41, 5.74) is 4.69. The van der Waals surface area contributed by atoms with Crippen LogP contribution >= 0.6 is 23.2 Å². The van der Waals surface area contributed by atoms with Crippen molar-refractivity contribution in [3.05, 3.63) is 117 Å². The van der Waals surface area contributed by atoms with E-state index in [0.717, 1.165) is 5.56 Å². The maximum absolute atomic E-state index is 12.6. The molecule has 0 bridgehead atoms. The van der Waals surface area contributed by atoms with Crippen molar-refractivity contribution in [1.29, 1.82) is 0 Å². The summed E-state index contributed by atoms with van der Waals surface area (Å²) in [5, 5.41) is 4.49. The number of hydrogen-bond donors (Lipinski definition) is 2. The van der Waals surface area contributed by atoms with Gasteiger partial charge in [-0.1, -0.05) is 40.9 Å². The number of anilines is 1. The molecule has 1 amide bonds. The third kappa shape index (κ3) is 7.63. The van der Waals surface area contributed by atoms with E-state index in [0.29, 0.717) is 16.3 Å². The predicted molar refractivity (Wildman–Crippen MR) is 158 cm³/mol. The molecule has 0 aliphatic carbocycles. The molecular weight excluding hydrogens is 589 g/mol. The highest BCUT2D eigenvalue weighted by atomic mass is 35.5. The van der Waals surface area contributed by atoms with Crippen LogP contribution < -0.4 is 19.6 Å². The fraction of sp³-hybridized carbons (Fsp3) is 0.0690. The quantitative estimate of drug-likeness (QED) is 0.102. The number of nitrogens with one attached hydrogen (secondary N) is 2. The van der Waals surface area contributed by atoms with Crippen LogP contribution in [0.4, 0.5) is 5.69 Å². The van der Waals surface area contributed by atoms with E-state index in [1.807, 2.05) is 6.92 Å². The van der Waals surface area contributed by atoms with Gasteiger partial charge >= 0.3 is 5.97 Å². The second-order valence-electron chi connectivity index (χ2n) is 8.62. The number of ether oxygens (including phenoxy) is 2. The van der Waals surface area contributed by atoms with Gasteiger partial charge in [0.15, 0.2) is 11.5 Å². The van der Waals surface area contributed by atoms with Crippen molar-refractivity contribution in [3.8, 4) is 11.5 Å². The Bertz CT molecular complexity index is 1720. The van der Waals surface area contributed by atoms with E-state index in [1.54, 1.807) is 24.3 Å². The third-order valence-corrected chi connectivity index (χ3v) is 7.79. The molecule has 0 aliphatic rings. The zero-order valence-corrected chi connectivity index (χ0v) is 24.0. The standard InChI is InChI=1S/C29H23Cl2N3O6S/c1-18-3-11-23(12-4-18)41(37,38)34-22-9-6-20(7-10-22)28(35)33-32-17-19-5-14-26(27(15-19)39-2)40-29(36)21-8-13-24(30)25(31)16-21/h3-17,34H,1-2H3,(H,33,35)/b32-17+. The maximum Gasteiger partial charge on any atom is 0.343 e. The van der Waals surface area contributed by atoms with Crippen LogP contribution in [0.2, 0.25) is 10.0 Å². The van der Waals surface area contributed by atoms with E-state index >= 15 is 0 Å². The second kappa shape index (κ2) is 12.9. The molecule has 4 aromatic rings. The van der Waals surface area contributed by atoms with E-state index in [4.69, 9.17) is 32.7 Å². The van der Waals surface area contributed by atoms with E-state index in [9.17, 15) is 18.0 Å². The summed E-state index contributed by atoms with van der Waals surface area (Å²) in [6.07, 6.45) is 1.38. The fourth-order valence-electron chi connectivity index (χ4n) is 3.48. The minimum atomic E-state index is -3.76. The number of hydrazone groups is 1. The van der Waals surface area contributed by atoms with Crippen molar-refractivity contribution in [2.24, 2.45) is 5.10 Å². The summed E-state index contributed by atoms with van der Waals surface area (Å²) in [7, 11) is -2.35. The number of aryl methyl sites for hydroxylation is 1. The molecule has 0 aliphatic heterocycles. The first kappa shape index (κ1) is 29.6. The first-order valence-electron chi connectivity index (χ1n) is 11.9. The van der Waals surface area contributed by atoms with E-state index in [2.05, 4.69) is 15.2 Å². The Kier molecular flexibility index (Phi) is 9.28. The van der Waals surface area contributed by atoms with Gasteiger partial charge < -0.3 is 9.47 Å². The molecule has 2 N–H and O–H groups in total. The first-order valence-corrected chi connectivity index (χ1v) is 14.2. The van der Waals surface area contributed by atoms with Crippen LogP contribution in [0.1, 0.15) is 31.8 Å². The van der Waals surface area contributed by atoms with Crippen LogP contribution in [-0.2, 0) is 10.0 Å². The van der Waals surface area contributed by atoms with Gasteiger partial charge in [0, 0.05) is 11.3 Å². The van der Waals surface area contributed by atoms with Gasteiger partial charge in [0.1, 0.15) is 0 Å². The average Bonchev–Trinajstić information content (AvgIpc) is 2.95. The van der Waals surface area contributed by atoms with Gasteiger partial charge in [-0.05, 0) is 85.3 Å². The number of carbonyl (C=O) groups excluding carboxylic acids is 2. The van der Waals surface area contributed by atoms with Gasteiger partial charge in [-0.15, -0.1) is 0 Å². The van der Waals surface area contributed by atoms with Gasteiger partial charge in [0.2, 0.25) is 0 Å². The van der Waals surface area contributed by atoms with Crippen molar-refractivity contribution in [3.63, 3.8) is 0 Å². The minimum absolute atomic E-state index is 0.133. The lowest BCUT2D eigenvalue weighted by atomic mass is 10.2. The number of amides is 1. The predicted octanol–water partition coefficient (Wildman–Crippen LogP) is 6.09. The van der Waals surface area contributed by atoms with E-state index in [-0.39, 0.29) is 32.5 Å². The molecule has 4 rings (SSSR count). The number of sulfonamides is 1. The van der Waals surface area contributed by atoms with E-state index < -0.39 is 21.9 Å². The van der Waals surface area contributed by atoms with Gasteiger partial charge in [-0.25, -0.2) is 18.6 Å². The lowest BCUT2D eigenvalue weighted by Crippen LogP contribution is -2.18. The molecule has 0 aromatic heterocycles. The number of nitrogens with zero attached hydrogens (tertiary/aromatic N) is 1. The Balaban J connectivity index is 1.36. The van der Waals surface area contributed by atoms with Crippen LogP contribution in [0.25, 0.3) is 0 Å². The number of methoxy groups -OCH3 is 1. The highest BCUT2D eigenvalue weighted by Crippen LogP contribution is 2.29. The Morgan fingerprint density at radius 1 is 0.829 bits per heavy atom. The number of benzene rings is 4. The Labute approximate surface area is 246 Å². The summed E-state index contributed by atoms with van der Waals surface area (Å²) < 4.78 is 38.3. The van der Waals surface area contributed by atoms with Crippen molar-refractivity contribution in [2.75, 3.05) is 11.8 Å². The summed E-state index contributed by atoms with van der Waals surface area (Å²) in [6.45, 7) is 1.87. The summed E-state index contributed by atoms with van der Waals surface area (Å²) in [6, 6.07) is 21.5. The smallest absolute Gasteiger partial charge is 0.343 e. The topological polar surface area (TPSA) is 123 Å². The average molecular weight is 612 g/mol. The zero-order chi connectivity index (χ0) is 29.6. The van der Waals surface area contributed by atoms with Crippen LogP contribution in [0.5, 0.6) is 11.5 Å². The molecule has 0 saturated carbocycles. The molecule has 210 valence electrons. The van der Waals surface area contributed by atoms with Crippen LogP contribution in [0.3, 0.4) is 0 Å². The van der Waals surface area contributed by atoms with Crippen molar-refractivity contribution in [1.82, 2.24) is 5.43 Å². The lowest BCUT2D eigenvalue weighted by Gasteiger charge is -2.10. The highest BCUT2D eigenvalue weighted by molar-refractivity contribution is 7.92. The molecule has 41 heavy (non-hydrogen) atoms. The Morgan fingerprint density at radius 3 is 2.17 bits per heavy atom.